The summed E-state index contributed by atoms with van der Waals surface area (Å²) in [6.07, 6.45) is 1.05. The maximum Gasteiger partial charge on any atom is 0.323 e. The van der Waals surface area contributed by atoms with Crippen LogP contribution in [0.4, 0.5) is 0 Å². The van der Waals surface area contributed by atoms with Gasteiger partial charge >= 0.3 is 5.66 Å². The standard InChI is InChI=1S/C6H7N5O6/c7-5-4(10(14)15)1-3(9(12)13)2-6(5,8)11(16)17/h1-2,5H,7-8H2. The van der Waals surface area contributed by atoms with Crippen molar-refractivity contribution >= 4 is 0 Å². The smallest absolute Gasteiger partial charge is 0.311 e. The van der Waals surface area contributed by atoms with Gasteiger partial charge in [0.15, 0.2) is 6.04 Å². The molecular weight excluding hydrogens is 238 g/mol. The molecule has 92 valence electrons. The molecule has 0 amide bonds. The number of nitrogens with zero attached hydrogens (tertiary/aromatic N) is 3. The zero-order chi connectivity index (χ0) is 13.4. The fraction of sp³-hybridized carbons (Fsp3) is 0.333. The summed E-state index contributed by atoms with van der Waals surface area (Å²) in [6.45, 7) is 0. The van der Waals surface area contributed by atoms with E-state index < -0.39 is 37.9 Å². The second-order valence-electron chi connectivity index (χ2n) is 3.27. The molecule has 0 aromatic rings. The van der Waals surface area contributed by atoms with Crippen LogP contribution in [-0.2, 0) is 0 Å². The van der Waals surface area contributed by atoms with E-state index in [0.29, 0.717) is 12.2 Å². The molecular formula is C6H7N5O6. The van der Waals surface area contributed by atoms with Gasteiger partial charge in [-0.25, -0.2) is 0 Å². The molecule has 0 fully saturated rings. The highest BCUT2D eigenvalue weighted by molar-refractivity contribution is 5.30. The lowest BCUT2D eigenvalue weighted by Gasteiger charge is -2.23. The molecule has 0 aromatic carbocycles. The Labute approximate surface area is 92.8 Å². The van der Waals surface area contributed by atoms with Gasteiger partial charge in [-0.15, -0.1) is 0 Å². The van der Waals surface area contributed by atoms with Gasteiger partial charge in [-0.3, -0.25) is 36.1 Å². The topological polar surface area (TPSA) is 181 Å². The van der Waals surface area contributed by atoms with E-state index in [0.717, 1.165) is 0 Å². The lowest BCUT2D eigenvalue weighted by atomic mass is 9.93. The summed E-state index contributed by atoms with van der Waals surface area (Å²) in [4.78, 5) is 28.6. The van der Waals surface area contributed by atoms with Gasteiger partial charge in [-0.05, 0) is 0 Å². The first-order valence-corrected chi connectivity index (χ1v) is 4.12. The molecule has 0 heterocycles. The van der Waals surface area contributed by atoms with Crippen molar-refractivity contribution in [2.24, 2.45) is 11.5 Å². The maximum atomic E-state index is 10.7. The highest BCUT2D eigenvalue weighted by Gasteiger charge is 2.54. The third-order valence-corrected chi connectivity index (χ3v) is 2.23. The van der Waals surface area contributed by atoms with E-state index in [-0.39, 0.29) is 0 Å². The summed E-state index contributed by atoms with van der Waals surface area (Å²) >= 11 is 0. The van der Waals surface area contributed by atoms with E-state index in [1.165, 1.54) is 0 Å². The van der Waals surface area contributed by atoms with Crippen LogP contribution in [0.1, 0.15) is 0 Å². The fourth-order valence-corrected chi connectivity index (χ4v) is 1.28. The van der Waals surface area contributed by atoms with Gasteiger partial charge in [0, 0.05) is 4.92 Å². The maximum absolute atomic E-state index is 10.7. The van der Waals surface area contributed by atoms with E-state index in [2.05, 4.69) is 0 Å². The van der Waals surface area contributed by atoms with E-state index in [1.54, 1.807) is 0 Å². The van der Waals surface area contributed by atoms with Crippen LogP contribution in [0.2, 0.25) is 0 Å². The van der Waals surface area contributed by atoms with E-state index in [1.807, 2.05) is 0 Å². The van der Waals surface area contributed by atoms with Crippen LogP contribution in [0.15, 0.2) is 23.5 Å². The van der Waals surface area contributed by atoms with Crippen LogP contribution >= 0.6 is 0 Å². The predicted molar refractivity (Wildman–Crippen MR) is 52.0 cm³/mol. The zero-order valence-corrected chi connectivity index (χ0v) is 8.18. The lowest BCUT2D eigenvalue weighted by Crippen LogP contribution is -2.62. The third kappa shape index (κ3) is 1.95. The molecule has 11 nitrogen and oxygen atoms in total. The second-order valence-corrected chi connectivity index (χ2v) is 3.27. The molecule has 11 heteroatoms. The highest BCUT2D eigenvalue weighted by atomic mass is 16.6. The Bertz CT molecular complexity index is 470. The predicted octanol–water partition coefficient (Wildman–Crippen LogP) is -1.42. The Hall–Kier alpha value is -2.40. The minimum absolute atomic E-state index is 0.491. The van der Waals surface area contributed by atoms with Crippen molar-refractivity contribution in [3.63, 3.8) is 0 Å². The van der Waals surface area contributed by atoms with Crippen molar-refractivity contribution in [2.45, 2.75) is 11.7 Å². The molecule has 1 aliphatic rings. The van der Waals surface area contributed by atoms with Gasteiger partial charge in [0.25, 0.3) is 11.4 Å². The van der Waals surface area contributed by atoms with Gasteiger partial charge in [0.1, 0.15) is 0 Å². The number of rotatable bonds is 3. The third-order valence-electron chi connectivity index (χ3n) is 2.23. The average Bonchev–Trinajstić information content (AvgIpc) is 2.20. The summed E-state index contributed by atoms with van der Waals surface area (Å²) in [5.74, 6) is 0. The molecule has 1 rings (SSSR count). The largest absolute Gasteiger partial charge is 0.323 e. The first kappa shape index (κ1) is 12.7. The summed E-state index contributed by atoms with van der Waals surface area (Å²) < 4.78 is 0. The van der Waals surface area contributed by atoms with Gasteiger partial charge < -0.3 is 5.73 Å². The summed E-state index contributed by atoms with van der Waals surface area (Å²) in [5.41, 5.74) is 6.25. The molecule has 0 bridgehead atoms. The van der Waals surface area contributed by atoms with E-state index in [4.69, 9.17) is 11.5 Å². The highest BCUT2D eigenvalue weighted by Crippen LogP contribution is 2.25. The number of hydrogen-bond donors (Lipinski definition) is 2. The van der Waals surface area contributed by atoms with Crippen molar-refractivity contribution in [3.8, 4) is 0 Å². The van der Waals surface area contributed by atoms with Crippen molar-refractivity contribution in [2.75, 3.05) is 0 Å². The Kier molecular flexibility index (Phi) is 2.89. The van der Waals surface area contributed by atoms with Crippen LogP contribution in [0, 0.1) is 30.3 Å². The minimum atomic E-state index is -2.57. The molecule has 1 aliphatic carbocycles. The number of nitro groups is 3. The molecule has 0 aliphatic heterocycles. The molecule has 0 saturated carbocycles. The monoisotopic (exact) mass is 245 g/mol. The summed E-state index contributed by atoms with van der Waals surface area (Å²) in [7, 11) is 0. The van der Waals surface area contributed by atoms with Gasteiger partial charge in [-0.2, -0.15) is 0 Å². The molecule has 0 radical (unpaired) electrons. The Balaban J connectivity index is 3.40. The Morgan fingerprint density at radius 1 is 1.18 bits per heavy atom. The molecule has 0 spiro atoms. The molecule has 2 unspecified atom stereocenters. The summed E-state index contributed by atoms with van der Waals surface area (Å²) in [5, 5.41) is 31.8. The Morgan fingerprint density at radius 3 is 2.06 bits per heavy atom. The van der Waals surface area contributed by atoms with Crippen LogP contribution in [-0.4, -0.2) is 26.5 Å². The Morgan fingerprint density at radius 2 is 1.71 bits per heavy atom. The number of hydrogen-bond acceptors (Lipinski definition) is 8. The summed E-state index contributed by atoms with van der Waals surface area (Å²) in [6, 6.07) is -1.77. The van der Waals surface area contributed by atoms with Crippen molar-refractivity contribution in [1.29, 1.82) is 0 Å². The molecule has 4 N–H and O–H groups in total. The normalized spacial score (nSPS) is 28.0. The van der Waals surface area contributed by atoms with Gasteiger partial charge in [-0.1, -0.05) is 0 Å². The minimum Gasteiger partial charge on any atom is -0.311 e. The first-order valence-electron chi connectivity index (χ1n) is 4.12. The molecule has 0 aromatic heterocycles. The quantitative estimate of drug-likeness (QED) is 0.344. The number of allylic oxidation sites excluding steroid dienone is 1. The van der Waals surface area contributed by atoms with Crippen LogP contribution in [0.3, 0.4) is 0 Å². The van der Waals surface area contributed by atoms with Crippen LogP contribution in [0.5, 0.6) is 0 Å². The van der Waals surface area contributed by atoms with Crippen molar-refractivity contribution < 1.29 is 14.8 Å². The van der Waals surface area contributed by atoms with E-state index >= 15 is 0 Å². The van der Waals surface area contributed by atoms with Crippen molar-refractivity contribution in [3.05, 3.63) is 53.9 Å². The average molecular weight is 245 g/mol. The lowest BCUT2D eigenvalue weighted by molar-refractivity contribution is -0.566. The second kappa shape index (κ2) is 3.88. The van der Waals surface area contributed by atoms with Gasteiger partial charge in [0.2, 0.25) is 0 Å². The molecule has 17 heavy (non-hydrogen) atoms. The van der Waals surface area contributed by atoms with E-state index in [9.17, 15) is 30.3 Å². The SMILES string of the molecule is NC1C([N+](=O)[O-])=CC([N+](=O)[O-])=CC1(N)[N+](=O)[O-]. The number of nitrogens with two attached hydrogens (primary N) is 2. The molecule has 2 atom stereocenters. The zero-order valence-electron chi connectivity index (χ0n) is 8.18. The van der Waals surface area contributed by atoms with Crippen LogP contribution < -0.4 is 11.5 Å². The van der Waals surface area contributed by atoms with Crippen LogP contribution in [0.25, 0.3) is 0 Å². The van der Waals surface area contributed by atoms with Gasteiger partial charge in [0.05, 0.1) is 22.0 Å². The van der Waals surface area contributed by atoms with Crippen molar-refractivity contribution in [1.82, 2.24) is 0 Å². The first-order chi connectivity index (χ1) is 7.70. The molecule has 0 saturated heterocycles. The fourth-order valence-electron chi connectivity index (χ4n) is 1.28.